The summed E-state index contributed by atoms with van der Waals surface area (Å²) in [4.78, 5) is 11.2. The predicted molar refractivity (Wildman–Crippen MR) is 83.1 cm³/mol. The van der Waals surface area contributed by atoms with E-state index in [4.69, 9.17) is 8.83 Å². The second kappa shape index (κ2) is 4.49. The Hall–Kier alpha value is -3.01. The maximum absolute atomic E-state index is 11.2. The molecule has 0 radical (unpaired) electrons. The minimum absolute atomic E-state index is 0.0242. The van der Waals surface area contributed by atoms with Crippen LogP contribution in [0.4, 0.5) is 0 Å². The van der Waals surface area contributed by atoms with Gasteiger partial charge in [-0.1, -0.05) is 30.3 Å². The largest absolute Gasteiger partial charge is 0.475 e. The zero-order chi connectivity index (χ0) is 15.3. The van der Waals surface area contributed by atoms with Gasteiger partial charge in [-0.05, 0) is 18.6 Å². The molecule has 22 heavy (non-hydrogen) atoms. The highest BCUT2D eigenvalue weighted by Gasteiger charge is 2.19. The van der Waals surface area contributed by atoms with Crippen LogP contribution in [-0.2, 0) is 0 Å². The lowest BCUT2D eigenvalue weighted by Gasteiger charge is -1.98. The summed E-state index contributed by atoms with van der Waals surface area (Å²) in [7, 11) is 0. The Bertz CT molecular complexity index is 1010. The third kappa shape index (κ3) is 1.74. The van der Waals surface area contributed by atoms with Crippen LogP contribution in [0.15, 0.2) is 57.6 Å². The van der Waals surface area contributed by atoms with Gasteiger partial charge in [0.15, 0.2) is 0 Å². The molecule has 0 aliphatic rings. The normalized spacial score (nSPS) is 11.3. The molecule has 0 aliphatic heterocycles. The molecule has 0 atom stereocenters. The number of hydrogen-bond donors (Lipinski definition) is 1. The first-order valence-electron chi connectivity index (χ1n) is 6.88. The SMILES string of the molecule is Cc1c(C(=O)O)oc2cc3occ(-c4ccccc4)c3cc12. The number of carboxylic acid groups (broad SMARTS) is 1. The Labute approximate surface area is 125 Å². The van der Waals surface area contributed by atoms with E-state index >= 15 is 0 Å². The van der Waals surface area contributed by atoms with Crippen molar-refractivity contribution >= 4 is 27.9 Å². The fourth-order valence-electron chi connectivity index (χ4n) is 2.79. The Morgan fingerprint density at radius 3 is 2.55 bits per heavy atom. The van der Waals surface area contributed by atoms with Gasteiger partial charge < -0.3 is 13.9 Å². The summed E-state index contributed by atoms with van der Waals surface area (Å²) in [5.74, 6) is -1.09. The molecule has 0 unspecified atom stereocenters. The van der Waals surface area contributed by atoms with Crippen LogP contribution in [0.2, 0.25) is 0 Å². The van der Waals surface area contributed by atoms with Gasteiger partial charge in [-0.15, -0.1) is 0 Å². The number of aryl methyl sites for hydroxylation is 1. The molecule has 2 aromatic carbocycles. The summed E-state index contributed by atoms with van der Waals surface area (Å²) in [5.41, 5.74) is 3.87. The monoisotopic (exact) mass is 292 g/mol. The van der Waals surface area contributed by atoms with Gasteiger partial charge in [0.25, 0.3) is 0 Å². The first kappa shape index (κ1) is 12.7. The van der Waals surface area contributed by atoms with Gasteiger partial charge in [0.05, 0.1) is 6.26 Å². The third-order valence-electron chi connectivity index (χ3n) is 3.91. The van der Waals surface area contributed by atoms with Crippen molar-refractivity contribution in [1.29, 1.82) is 0 Å². The van der Waals surface area contributed by atoms with E-state index in [-0.39, 0.29) is 5.76 Å². The third-order valence-corrected chi connectivity index (χ3v) is 3.91. The van der Waals surface area contributed by atoms with Crippen LogP contribution in [0.25, 0.3) is 33.1 Å². The number of benzene rings is 2. The first-order valence-corrected chi connectivity index (χ1v) is 6.88. The quantitative estimate of drug-likeness (QED) is 0.573. The Morgan fingerprint density at radius 2 is 1.82 bits per heavy atom. The minimum atomic E-state index is -1.06. The van der Waals surface area contributed by atoms with Crippen LogP contribution in [0, 0.1) is 6.92 Å². The van der Waals surface area contributed by atoms with Crippen molar-refractivity contribution in [3.63, 3.8) is 0 Å². The molecular formula is C18H12O4. The van der Waals surface area contributed by atoms with Crippen LogP contribution >= 0.6 is 0 Å². The second-order valence-corrected chi connectivity index (χ2v) is 5.22. The van der Waals surface area contributed by atoms with Gasteiger partial charge in [0, 0.05) is 28.0 Å². The minimum Gasteiger partial charge on any atom is -0.475 e. The molecule has 4 nitrogen and oxygen atoms in total. The molecule has 0 amide bonds. The molecule has 4 aromatic rings. The van der Waals surface area contributed by atoms with Crippen molar-refractivity contribution in [2.24, 2.45) is 0 Å². The van der Waals surface area contributed by atoms with Crippen LogP contribution in [0.3, 0.4) is 0 Å². The standard InChI is InChI=1S/C18H12O4/c1-10-12-7-13-14(11-5-3-2-4-6-11)9-21-15(13)8-16(12)22-17(10)18(19)20/h2-9H,1H3,(H,19,20). The lowest BCUT2D eigenvalue weighted by Crippen LogP contribution is -1.95. The van der Waals surface area contributed by atoms with Crippen LogP contribution in [0.1, 0.15) is 16.1 Å². The summed E-state index contributed by atoms with van der Waals surface area (Å²) in [6.07, 6.45) is 1.71. The summed E-state index contributed by atoms with van der Waals surface area (Å²) in [6, 6.07) is 13.6. The Morgan fingerprint density at radius 1 is 1.05 bits per heavy atom. The molecule has 4 heteroatoms. The summed E-state index contributed by atoms with van der Waals surface area (Å²) >= 11 is 0. The van der Waals surface area contributed by atoms with Crippen molar-refractivity contribution in [3.05, 3.63) is 60.1 Å². The average Bonchev–Trinajstić information content (AvgIpc) is 3.08. The molecule has 0 aliphatic carbocycles. The van der Waals surface area contributed by atoms with E-state index in [1.54, 1.807) is 19.3 Å². The number of aromatic carboxylic acids is 1. The Balaban J connectivity index is 2.03. The van der Waals surface area contributed by atoms with Crippen molar-refractivity contribution in [2.45, 2.75) is 6.92 Å². The van der Waals surface area contributed by atoms with E-state index in [9.17, 15) is 9.90 Å². The number of hydrogen-bond acceptors (Lipinski definition) is 3. The molecule has 108 valence electrons. The Kier molecular flexibility index (Phi) is 2.60. The van der Waals surface area contributed by atoms with Crippen molar-refractivity contribution in [2.75, 3.05) is 0 Å². The van der Waals surface area contributed by atoms with E-state index in [1.807, 2.05) is 36.4 Å². The van der Waals surface area contributed by atoms with Gasteiger partial charge in [0.1, 0.15) is 11.2 Å². The summed E-state index contributed by atoms with van der Waals surface area (Å²) in [6.45, 7) is 1.75. The molecule has 0 bridgehead atoms. The molecule has 4 rings (SSSR count). The molecule has 2 heterocycles. The van der Waals surface area contributed by atoms with E-state index in [0.717, 1.165) is 21.9 Å². The second-order valence-electron chi connectivity index (χ2n) is 5.22. The highest BCUT2D eigenvalue weighted by Crippen LogP contribution is 2.36. The zero-order valence-electron chi connectivity index (χ0n) is 11.8. The number of furan rings is 2. The number of fused-ring (bicyclic) bond motifs is 2. The van der Waals surface area contributed by atoms with Crippen LogP contribution in [0.5, 0.6) is 0 Å². The molecule has 0 fully saturated rings. The maximum Gasteiger partial charge on any atom is 0.372 e. The fourth-order valence-corrected chi connectivity index (χ4v) is 2.79. The number of carboxylic acids is 1. The summed E-state index contributed by atoms with van der Waals surface area (Å²) < 4.78 is 11.0. The first-order chi connectivity index (χ1) is 10.6. The lowest BCUT2D eigenvalue weighted by molar-refractivity contribution is 0.0664. The van der Waals surface area contributed by atoms with Crippen molar-refractivity contribution in [1.82, 2.24) is 0 Å². The average molecular weight is 292 g/mol. The van der Waals surface area contributed by atoms with E-state index in [0.29, 0.717) is 16.7 Å². The van der Waals surface area contributed by atoms with Crippen LogP contribution < -0.4 is 0 Å². The van der Waals surface area contributed by atoms with Gasteiger partial charge in [-0.3, -0.25) is 0 Å². The highest BCUT2D eigenvalue weighted by molar-refractivity contribution is 6.04. The van der Waals surface area contributed by atoms with Gasteiger partial charge in [0.2, 0.25) is 5.76 Å². The van der Waals surface area contributed by atoms with Crippen LogP contribution in [-0.4, -0.2) is 11.1 Å². The number of carbonyl (C=O) groups is 1. The van der Waals surface area contributed by atoms with Gasteiger partial charge >= 0.3 is 5.97 Å². The maximum atomic E-state index is 11.2. The van der Waals surface area contributed by atoms with Gasteiger partial charge in [-0.2, -0.15) is 0 Å². The lowest BCUT2D eigenvalue weighted by atomic mass is 10.0. The van der Waals surface area contributed by atoms with E-state index in [1.165, 1.54) is 0 Å². The molecule has 0 saturated heterocycles. The molecular weight excluding hydrogens is 280 g/mol. The van der Waals surface area contributed by atoms with Gasteiger partial charge in [-0.25, -0.2) is 4.79 Å². The van der Waals surface area contributed by atoms with Crippen molar-refractivity contribution in [3.8, 4) is 11.1 Å². The highest BCUT2D eigenvalue weighted by atomic mass is 16.4. The fraction of sp³-hybridized carbons (Fsp3) is 0.0556. The van der Waals surface area contributed by atoms with E-state index < -0.39 is 5.97 Å². The molecule has 0 saturated carbocycles. The molecule has 2 aromatic heterocycles. The van der Waals surface area contributed by atoms with E-state index in [2.05, 4.69) is 0 Å². The summed E-state index contributed by atoms with van der Waals surface area (Å²) in [5, 5.41) is 10.9. The number of rotatable bonds is 2. The predicted octanol–water partition coefficient (Wildman–Crippen LogP) is 4.85. The van der Waals surface area contributed by atoms with Crippen molar-refractivity contribution < 1.29 is 18.7 Å². The molecule has 1 N–H and O–H groups in total. The molecule has 0 spiro atoms. The zero-order valence-corrected chi connectivity index (χ0v) is 11.8. The topological polar surface area (TPSA) is 63.6 Å². The smallest absolute Gasteiger partial charge is 0.372 e.